The van der Waals surface area contributed by atoms with Crippen molar-refractivity contribution in [2.75, 3.05) is 19.6 Å². The number of hydrogen-bond acceptors (Lipinski definition) is 3. The summed E-state index contributed by atoms with van der Waals surface area (Å²) in [6.07, 6.45) is 2.50. The third-order valence-corrected chi connectivity index (χ3v) is 4.25. The van der Waals surface area contributed by atoms with Gasteiger partial charge in [-0.05, 0) is 36.4 Å². The number of fused-ring (bicyclic) bond motifs is 1. The molecule has 1 aliphatic heterocycles. The third kappa shape index (κ3) is 3.24. The second-order valence-electron chi connectivity index (χ2n) is 5.94. The van der Waals surface area contributed by atoms with E-state index in [4.69, 9.17) is 0 Å². The van der Waals surface area contributed by atoms with Crippen molar-refractivity contribution >= 4 is 11.9 Å². The largest absolute Gasteiger partial charge is 0.481 e. The summed E-state index contributed by atoms with van der Waals surface area (Å²) in [5.74, 6) is -0.781. The molecule has 1 aromatic rings. The van der Waals surface area contributed by atoms with Gasteiger partial charge in [-0.15, -0.1) is 0 Å². The zero-order valence-corrected chi connectivity index (χ0v) is 11.9. The Labute approximate surface area is 123 Å². The van der Waals surface area contributed by atoms with Crippen LogP contribution in [0.1, 0.15) is 29.9 Å². The fourth-order valence-corrected chi connectivity index (χ4v) is 2.83. The normalized spacial score (nSPS) is 21.0. The SMILES string of the molecule is O=C(O)C1CN(C(=O)CNCC2CC2)Cc2ccccc21. The molecule has 1 aromatic carbocycles. The number of carbonyl (C=O) groups is 2. The van der Waals surface area contributed by atoms with Crippen LogP contribution in [-0.2, 0) is 16.1 Å². The van der Waals surface area contributed by atoms with Crippen molar-refractivity contribution in [3.63, 3.8) is 0 Å². The van der Waals surface area contributed by atoms with Gasteiger partial charge in [-0.3, -0.25) is 9.59 Å². The summed E-state index contributed by atoms with van der Waals surface area (Å²) in [6.45, 7) is 1.95. The number of benzene rings is 1. The highest BCUT2D eigenvalue weighted by Crippen LogP contribution is 2.29. The number of carbonyl (C=O) groups excluding carboxylic acids is 1. The molecule has 21 heavy (non-hydrogen) atoms. The van der Waals surface area contributed by atoms with Crippen molar-refractivity contribution in [1.82, 2.24) is 10.2 Å². The van der Waals surface area contributed by atoms with Crippen LogP contribution in [0.3, 0.4) is 0 Å². The Kier molecular flexibility index (Phi) is 3.92. The summed E-state index contributed by atoms with van der Waals surface area (Å²) in [7, 11) is 0. The molecule has 0 spiro atoms. The van der Waals surface area contributed by atoms with Crippen LogP contribution in [0.15, 0.2) is 24.3 Å². The van der Waals surface area contributed by atoms with Crippen LogP contribution in [0.4, 0.5) is 0 Å². The van der Waals surface area contributed by atoms with Crippen LogP contribution in [0.2, 0.25) is 0 Å². The van der Waals surface area contributed by atoms with E-state index in [9.17, 15) is 14.7 Å². The molecule has 1 heterocycles. The Morgan fingerprint density at radius 2 is 2.05 bits per heavy atom. The predicted octanol–water partition coefficient (Wildman–Crippen LogP) is 1.20. The van der Waals surface area contributed by atoms with E-state index in [1.54, 1.807) is 4.90 Å². The lowest BCUT2D eigenvalue weighted by molar-refractivity contribution is -0.141. The number of nitrogens with zero attached hydrogens (tertiary/aromatic N) is 1. The molecule has 2 N–H and O–H groups in total. The minimum atomic E-state index is -0.870. The molecule has 112 valence electrons. The fraction of sp³-hybridized carbons (Fsp3) is 0.500. The molecule has 0 bridgehead atoms. The maximum absolute atomic E-state index is 12.2. The highest BCUT2D eigenvalue weighted by molar-refractivity contribution is 5.82. The zero-order chi connectivity index (χ0) is 14.8. The number of rotatable bonds is 5. The minimum absolute atomic E-state index is 0.0172. The molecule has 0 aromatic heterocycles. The molecule has 0 radical (unpaired) electrons. The maximum Gasteiger partial charge on any atom is 0.312 e. The highest BCUT2D eigenvalue weighted by Gasteiger charge is 2.32. The first kappa shape index (κ1) is 14.1. The number of carboxylic acids is 1. The molecule has 1 amide bonds. The molecular weight excluding hydrogens is 268 g/mol. The van der Waals surface area contributed by atoms with Gasteiger partial charge in [0.15, 0.2) is 0 Å². The van der Waals surface area contributed by atoms with E-state index in [1.165, 1.54) is 12.8 Å². The second kappa shape index (κ2) is 5.85. The summed E-state index contributed by atoms with van der Waals surface area (Å²) in [4.78, 5) is 25.3. The lowest BCUT2D eigenvalue weighted by Crippen LogP contribution is -2.44. The molecule has 0 saturated heterocycles. The number of amides is 1. The summed E-state index contributed by atoms with van der Waals surface area (Å²) < 4.78 is 0. The van der Waals surface area contributed by atoms with Gasteiger partial charge in [-0.1, -0.05) is 24.3 Å². The summed E-state index contributed by atoms with van der Waals surface area (Å²) in [5, 5.41) is 12.6. The molecule has 1 atom stereocenters. The summed E-state index contributed by atoms with van der Waals surface area (Å²) in [6, 6.07) is 7.49. The van der Waals surface area contributed by atoms with Crippen LogP contribution in [0.5, 0.6) is 0 Å². The molecule has 1 fully saturated rings. The van der Waals surface area contributed by atoms with Crippen molar-refractivity contribution in [2.45, 2.75) is 25.3 Å². The Morgan fingerprint density at radius 3 is 2.76 bits per heavy atom. The molecule has 1 unspecified atom stereocenters. The Balaban J connectivity index is 1.67. The molecule has 3 rings (SSSR count). The Bertz CT molecular complexity index is 554. The van der Waals surface area contributed by atoms with E-state index in [2.05, 4.69) is 5.32 Å². The van der Waals surface area contributed by atoms with E-state index in [-0.39, 0.29) is 12.5 Å². The second-order valence-corrected chi connectivity index (χ2v) is 5.94. The molecule has 5 heteroatoms. The van der Waals surface area contributed by atoms with Gasteiger partial charge in [-0.25, -0.2) is 0 Å². The van der Waals surface area contributed by atoms with Crippen molar-refractivity contribution in [2.24, 2.45) is 5.92 Å². The van der Waals surface area contributed by atoms with E-state index >= 15 is 0 Å². The van der Waals surface area contributed by atoms with E-state index in [0.29, 0.717) is 13.1 Å². The molecule has 2 aliphatic rings. The Hall–Kier alpha value is -1.88. The van der Waals surface area contributed by atoms with Gasteiger partial charge in [0.05, 0.1) is 12.5 Å². The molecule has 5 nitrogen and oxygen atoms in total. The van der Waals surface area contributed by atoms with Gasteiger partial charge >= 0.3 is 5.97 Å². The van der Waals surface area contributed by atoms with Crippen LogP contribution >= 0.6 is 0 Å². The first-order chi connectivity index (χ1) is 10.1. The number of aliphatic carboxylic acids is 1. The van der Waals surface area contributed by atoms with Crippen molar-refractivity contribution in [3.8, 4) is 0 Å². The number of carboxylic acid groups (broad SMARTS) is 1. The smallest absolute Gasteiger partial charge is 0.312 e. The fourth-order valence-electron chi connectivity index (χ4n) is 2.83. The van der Waals surface area contributed by atoms with Crippen LogP contribution in [0.25, 0.3) is 0 Å². The van der Waals surface area contributed by atoms with Crippen LogP contribution in [0, 0.1) is 5.92 Å². The Morgan fingerprint density at radius 1 is 1.29 bits per heavy atom. The monoisotopic (exact) mass is 288 g/mol. The van der Waals surface area contributed by atoms with Gasteiger partial charge in [0.1, 0.15) is 0 Å². The maximum atomic E-state index is 12.2. The number of hydrogen-bond donors (Lipinski definition) is 2. The van der Waals surface area contributed by atoms with Crippen molar-refractivity contribution in [3.05, 3.63) is 35.4 Å². The van der Waals surface area contributed by atoms with Crippen molar-refractivity contribution in [1.29, 1.82) is 0 Å². The predicted molar refractivity (Wildman–Crippen MR) is 77.8 cm³/mol. The van der Waals surface area contributed by atoms with Gasteiger partial charge in [0.25, 0.3) is 0 Å². The lowest BCUT2D eigenvalue weighted by atomic mass is 9.90. The first-order valence-electron chi connectivity index (χ1n) is 7.44. The summed E-state index contributed by atoms with van der Waals surface area (Å²) in [5.41, 5.74) is 1.77. The highest BCUT2D eigenvalue weighted by atomic mass is 16.4. The lowest BCUT2D eigenvalue weighted by Gasteiger charge is -2.33. The van der Waals surface area contributed by atoms with E-state index in [1.807, 2.05) is 24.3 Å². The van der Waals surface area contributed by atoms with Crippen LogP contribution in [-0.4, -0.2) is 41.5 Å². The minimum Gasteiger partial charge on any atom is -0.481 e. The summed E-state index contributed by atoms with van der Waals surface area (Å²) >= 11 is 0. The number of nitrogens with one attached hydrogen (secondary N) is 1. The van der Waals surface area contributed by atoms with Gasteiger partial charge in [0, 0.05) is 13.1 Å². The van der Waals surface area contributed by atoms with Crippen molar-refractivity contribution < 1.29 is 14.7 Å². The zero-order valence-electron chi connectivity index (χ0n) is 11.9. The van der Waals surface area contributed by atoms with E-state index < -0.39 is 11.9 Å². The van der Waals surface area contributed by atoms with Gasteiger partial charge in [0.2, 0.25) is 5.91 Å². The average molecular weight is 288 g/mol. The van der Waals surface area contributed by atoms with Gasteiger partial charge in [-0.2, -0.15) is 0 Å². The first-order valence-corrected chi connectivity index (χ1v) is 7.44. The molecule has 1 aliphatic carbocycles. The molecule has 1 saturated carbocycles. The third-order valence-electron chi connectivity index (χ3n) is 4.25. The standard InChI is InChI=1S/C16H20N2O3/c19-15(8-17-7-11-5-6-11)18-9-12-3-1-2-4-13(12)14(10-18)16(20)21/h1-4,11,14,17H,5-10H2,(H,20,21). The topological polar surface area (TPSA) is 69.6 Å². The molecular formula is C16H20N2O3. The van der Waals surface area contributed by atoms with E-state index in [0.717, 1.165) is 23.6 Å². The average Bonchev–Trinajstić information content (AvgIpc) is 3.30. The van der Waals surface area contributed by atoms with Crippen LogP contribution < -0.4 is 5.32 Å². The van der Waals surface area contributed by atoms with Gasteiger partial charge < -0.3 is 15.3 Å². The quantitative estimate of drug-likeness (QED) is 0.854.